The third-order valence-corrected chi connectivity index (χ3v) is 3.57. The molecule has 0 saturated carbocycles. The van der Waals surface area contributed by atoms with Gasteiger partial charge in [-0.05, 0) is 25.1 Å². The van der Waals surface area contributed by atoms with Crippen molar-refractivity contribution in [2.45, 2.75) is 24.3 Å². The molecular weight excluding hydrogens is 274 g/mol. The molecule has 0 fully saturated rings. The maximum absolute atomic E-state index is 11.1. The van der Waals surface area contributed by atoms with Crippen LogP contribution in [0.5, 0.6) is 0 Å². The Bertz CT molecular complexity index is 414. The SMILES string of the molecule is CCOC(=O)CC(O)CSc1cc(Cl)ccc1N. The standard InChI is InChI=1S/C12H16ClNO3S/c1-2-17-12(16)6-9(15)7-18-11-5-8(13)3-4-10(11)14/h3-5,9,15H,2,6-7,14H2,1H3. The Morgan fingerprint density at radius 3 is 3.00 bits per heavy atom. The Hall–Kier alpha value is -0.910. The molecule has 1 aromatic carbocycles. The lowest BCUT2D eigenvalue weighted by molar-refractivity contribution is -0.144. The molecule has 0 aliphatic heterocycles. The summed E-state index contributed by atoms with van der Waals surface area (Å²) in [6.07, 6.45) is -0.770. The van der Waals surface area contributed by atoms with E-state index in [9.17, 15) is 9.90 Å². The predicted octanol–water partition coefficient (Wildman–Crippen LogP) is 2.33. The van der Waals surface area contributed by atoms with Crippen molar-refractivity contribution in [1.29, 1.82) is 0 Å². The summed E-state index contributed by atoms with van der Waals surface area (Å²) in [4.78, 5) is 11.9. The maximum Gasteiger partial charge on any atom is 0.308 e. The molecule has 1 aromatic rings. The number of carbonyl (C=O) groups is 1. The van der Waals surface area contributed by atoms with Crippen LogP contribution in [-0.4, -0.2) is 29.5 Å². The fourth-order valence-corrected chi connectivity index (χ4v) is 2.46. The Morgan fingerprint density at radius 1 is 1.61 bits per heavy atom. The van der Waals surface area contributed by atoms with Crippen LogP contribution in [0.15, 0.2) is 23.1 Å². The van der Waals surface area contributed by atoms with Crippen LogP contribution in [0.25, 0.3) is 0 Å². The minimum Gasteiger partial charge on any atom is -0.466 e. The average molecular weight is 290 g/mol. The molecule has 4 nitrogen and oxygen atoms in total. The van der Waals surface area contributed by atoms with Crippen molar-refractivity contribution in [3.05, 3.63) is 23.2 Å². The van der Waals surface area contributed by atoms with Crippen molar-refractivity contribution in [3.63, 3.8) is 0 Å². The molecule has 0 aromatic heterocycles. The van der Waals surface area contributed by atoms with Crippen molar-refractivity contribution in [1.82, 2.24) is 0 Å². The number of thioether (sulfide) groups is 1. The number of halogens is 1. The van der Waals surface area contributed by atoms with Gasteiger partial charge < -0.3 is 15.6 Å². The average Bonchev–Trinajstić information content (AvgIpc) is 2.30. The van der Waals surface area contributed by atoms with Gasteiger partial charge in [0.15, 0.2) is 0 Å². The van der Waals surface area contributed by atoms with Gasteiger partial charge in [-0.3, -0.25) is 4.79 Å². The second kappa shape index (κ2) is 7.51. The van der Waals surface area contributed by atoms with E-state index in [4.69, 9.17) is 22.1 Å². The molecule has 18 heavy (non-hydrogen) atoms. The summed E-state index contributed by atoms with van der Waals surface area (Å²) in [5.41, 5.74) is 6.38. The molecule has 0 bridgehead atoms. The molecule has 1 atom stereocenters. The van der Waals surface area contributed by atoms with Gasteiger partial charge in [-0.1, -0.05) is 11.6 Å². The molecule has 1 unspecified atom stereocenters. The molecule has 0 saturated heterocycles. The molecule has 6 heteroatoms. The van der Waals surface area contributed by atoms with Crippen molar-refractivity contribution in [2.75, 3.05) is 18.1 Å². The quantitative estimate of drug-likeness (QED) is 0.478. The van der Waals surface area contributed by atoms with E-state index in [1.54, 1.807) is 25.1 Å². The molecule has 3 N–H and O–H groups in total. The van der Waals surface area contributed by atoms with Gasteiger partial charge in [-0.2, -0.15) is 0 Å². The first-order valence-corrected chi connectivity index (χ1v) is 6.90. The monoisotopic (exact) mass is 289 g/mol. The van der Waals surface area contributed by atoms with E-state index in [0.29, 0.717) is 23.1 Å². The van der Waals surface area contributed by atoms with E-state index in [0.717, 1.165) is 4.90 Å². The van der Waals surface area contributed by atoms with Crippen molar-refractivity contribution >= 4 is 35.0 Å². The lowest BCUT2D eigenvalue weighted by atomic mass is 10.3. The van der Waals surface area contributed by atoms with Gasteiger partial charge >= 0.3 is 5.97 Å². The highest BCUT2D eigenvalue weighted by molar-refractivity contribution is 7.99. The summed E-state index contributed by atoms with van der Waals surface area (Å²) in [6.45, 7) is 2.05. The number of ether oxygens (including phenoxy) is 1. The zero-order valence-electron chi connectivity index (χ0n) is 10.1. The number of hydrogen-bond acceptors (Lipinski definition) is 5. The third-order valence-electron chi connectivity index (χ3n) is 2.11. The molecule has 0 amide bonds. The van der Waals surface area contributed by atoms with Gasteiger partial charge in [0.1, 0.15) is 0 Å². The second-order valence-corrected chi connectivity index (χ2v) is 5.15. The first-order chi connectivity index (χ1) is 8.52. The Kier molecular flexibility index (Phi) is 6.32. The fourth-order valence-electron chi connectivity index (χ4n) is 1.29. The highest BCUT2D eigenvalue weighted by atomic mass is 35.5. The van der Waals surface area contributed by atoms with Crippen LogP contribution >= 0.6 is 23.4 Å². The van der Waals surface area contributed by atoms with Crippen LogP contribution < -0.4 is 5.73 Å². The predicted molar refractivity (Wildman–Crippen MR) is 73.8 cm³/mol. The molecule has 0 radical (unpaired) electrons. The molecule has 1 rings (SSSR count). The van der Waals surface area contributed by atoms with Crippen LogP contribution in [0.1, 0.15) is 13.3 Å². The van der Waals surface area contributed by atoms with E-state index in [1.807, 2.05) is 0 Å². The summed E-state index contributed by atoms with van der Waals surface area (Å²) in [5.74, 6) is -0.0340. The summed E-state index contributed by atoms with van der Waals surface area (Å²) >= 11 is 7.21. The molecule has 0 aliphatic carbocycles. The summed E-state index contributed by atoms with van der Waals surface area (Å²) in [6, 6.07) is 5.15. The Balaban J connectivity index is 2.44. The number of aliphatic hydroxyl groups excluding tert-OH is 1. The van der Waals surface area contributed by atoms with E-state index >= 15 is 0 Å². The number of carbonyl (C=O) groups excluding carboxylic acids is 1. The van der Waals surface area contributed by atoms with Crippen LogP contribution in [0.2, 0.25) is 5.02 Å². The minimum atomic E-state index is -0.757. The normalized spacial score (nSPS) is 12.2. The van der Waals surface area contributed by atoms with E-state index < -0.39 is 12.1 Å². The Morgan fingerprint density at radius 2 is 2.33 bits per heavy atom. The zero-order valence-corrected chi connectivity index (χ0v) is 11.6. The van der Waals surface area contributed by atoms with Crippen molar-refractivity contribution in [3.8, 4) is 0 Å². The minimum absolute atomic E-state index is 0.0126. The lowest BCUT2D eigenvalue weighted by Crippen LogP contribution is -2.17. The highest BCUT2D eigenvalue weighted by Crippen LogP contribution is 2.28. The first kappa shape index (κ1) is 15.1. The summed E-state index contributed by atoms with van der Waals surface area (Å²) in [5, 5.41) is 10.3. The van der Waals surface area contributed by atoms with Gasteiger partial charge in [0.2, 0.25) is 0 Å². The maximum atomic E-state index is 11.1. The summed E-state index contributed by atoms with van der Waals surface area (Å²) < 4.78 is 4.75. The van der Waals surface area contributed by atoms with Gasteiger partial charge in [0.25, 0.3) is 0 Å². The van der Waals surface area contributed by atoms with Crippen LogP contribution in [0.4, 0.5) is 5.69 Å². The van der Waals surface area contributed by atoms with E-state index in [-0.39, 0.29) is 6.42 Å². The number of nitrogens with two attached hydrogens (primary N) is 1. The second-order valence-electron chi connectivity index (χ2n) is 3.66. The van der Waals surface area contributed by atoms with Crippen LogP contribution in [0, 0.1) is 0 Å². The van der Waals surface area contributed by atoms with E-state index in [2.05, 4.69) is 0 Å². The number of anilines is 1. The fraction of sp³-hybridized carbons (Fsp3) is 0.417. The zero-order chi connectivity index (χ0) is 13.5. The van der Waals surface area contributed by atoms with Gasteiger partial charge in [0, 0.05) is 21.4 Å². The Labute approximate surface area is 115 Å². The number of aliphatic hydroxyl groups is 1. The summed E-state index contributed by atoms with van der Waals surface area (Å²) in [7, 11) is 0. The topological polar surface area (TPSA) is 72.5 Å². The van der Waals surface area contributed by atoms with Crippen molar-refractivity contribution < 1.29 is 14.6 Å². The van der Waals surface area contributed by atoms with Crippen LogP contribution in [0.3, 0.4) is 0 Å². The molecule has 0 heterocycles. The number of benzene rings is 1. The van der Waals surface area contributed by atoms with Gasteiger partial charge in [-0.15, -0.1) is 11.8 Å². The largest absolute Gasteiger partial charge is 0.466 e. The highest BCUT2D eigenvalue weighted by Gasteiger charge is 2.13. The molecule has 0 spiro atoms. The lowest BCUT2D eigenvalue weighted by Gasteiger charge is -2.11. The third kappa shape index (κ3) is 5.16. The smallest absolute Gasteiger partial charge is 0.308 e. The van der Waals surface area contributed by atoms with Gasteiger partial charge in [0.05, 0.1) is 19.1 Å². The first-order valence-electron chi connectivity index (χ1n) is 5.54. The number of esters is 1. The molecular formula is C12H16ClNO3S. The van der Waals surface area contributed by atoms with Gasteiger partial charge in [-0.25, -0.2) is 0 Å². The van der Waals surface area contributed by atoms with Crippen LogP contribution in [-0.2, 0) is 9.53 Å². The number of hydrogen-bond donors (Lipinski definition) is 2. The molecule has 0 aliphatic rings. The number of rotatable bonds is 6. The molecule has 100 valence electrons. The number of nitrogen functional groups attached to an aromatic ring is 1. The van der Waals surface area contributed by atoms with Crippen molar-refractivity contribution in [2.24, 2.45) is 0 Å². The van der Waals surface area contributed by atoms with E-state index in [1.165, 1.54) is 11.8 Å².